The first-order valence-corrected chi connectivity index (χ1v) is 13.6. The fourth-order valence-corrected chi connectivity index (χ4v) is 6.26. The van der Waals surface area contributed by atoms with Gasteiger partial charge in [0.25, 0.3) is 5.91 Å². The molecule has 38 heavy (non-hydrogen) atoms. The van der Waals surface area contributed by atoms with Gasteiger partial charge in [0.15, 0.2) is 0 Å². The summed E-state index contributed by atoms with van der Waals surface area (Å²) in [6.07, 6.45) is 8.01. The maximum atomic E-state index is 13.3. The minimum Gasteiger partial charge on any atom is -0.425 e. The largest absolute Gasteiger partial charge is 0.425 e. The Bertz CT molecular complexity index is 1390. The van der Waals surface area contributed by atoms with Crippen molar-refractivity contribution in [1.29, 1.82) is 0 Å². The molecule has 1 atom stereocenters. The van der Waals surface area contributed by atoms with Crippen LogP contribution in [0.1, 0.15) is 32.9 Å². The molecule has 3 aliphatic rings. The van der Waals surface area contributed by atoms with Crippen molar-refractivity contribution in [2.75, 3.05) is 39.8 Å². The summed E-state index contributed by atoms with van der Waals surface area (Å²) in [5, 5.41) is 11.4. The lowest BCUT2D eigenvalue weighted by atomic mass is 9.71. The molecule has 3 aliphatic heterocycles. The minimum absolute atomic E-state index is 0.0347. The molecule has 1 spiro atoms. The SMILES string of the molecule is COON1CC=CC=C1N1CC2(CN(C(=O)c3cncs3)CC2c2nnc(Cc3ccc(Cl)c(Cl)c3)o2)C1. The molecule has 10 nitrogen and oxygen atoms in total. The Balaban J connectivity index is 1.25. The Kier molecular flexibility index (Phi) is 6.87. The Labute approximate surface area is 232 Å². The molecule has 0 radical (unpaired) electrons. The van der Waals surface area contributed by atoms with E-state index in [9.17, 15) is 4.79 Å². The monoisotopic (exact) mass is 574 g/mol. The van der Waals surface area contributed by atoms with Gasteiger partial charge in [0.05, 0.1) is 47.7 Å². The second-order valence-electron chi connectivity index (χ2n) is 9.54. The molecule has 0 saturated carbocycles. The molecule has 0 aliphatic carbocycles. The molecule has 2 saturated heterocycles. The number of halogens is 2. The highest BCUT2D eigenvalue weighted by Gasteiger charge is 2.58. The number of nitrogens with zero attached hydrogens (tertiary/aromatic N) is 6. The van der Waals surface area contributed by atoms with Crippen LogP contribution in [0.25, 0.3) is 0 Å². The fraction of sp³-hybridized carbons (Fsp3) is 0.360. The third kappa shape index (κ3) is 4.69. The summed E-state index contributed by atoms with van der Waals surface area (Å²) in [4.78, 5) is 32.3. The Morgan fingerprint density at radius 2 is 2.11 bits per heavy atom. The Morgan fingerprint density at radius 3 is 2.87 bits per heavy atom. The summed E-state index contributed by atoms with van der Waals surface area (Å²) >= 11 is 13.6. The van der Waals surface area contributed by atoms with Gasteiger partial charge in [0.2, 0.25) is 11.8 Å². The minimum atomic E-state index is -0.255. The molecule has 1 amide bonds. The van der Waals surface area contributed by atoms with Gasteiger partial charge < -0.3 is 14.2 Å². The van der Waals surface area contributed by atoms with Crippen LogP contribution in [0.4, 0.5) is 0 Å². The molecular weight excluding hydrogens is 551 g/mol. The average molecular weight is 575 g/mol. The summed E-state index contributed by atoms with van der Waals surface area (Å²) in [5.74, 6) is 1.75. The zero-order chi connectivity index (χ0) is 26.3. The van der Waals surface area contributed by atoms with Gasteiger partial charge in [-0.2, -0.15) is 0 Å². The van der Waals surface area contributed by atoms with Crippen molar-refractivity contribution in [3.05, 3.63) is 86.2 Å². The lowest BCUT2D eigenvalue weighted by molar-refractivity contribution is -0.405. The number of rotatable bonds is 7. The van der Waals surface area contributed by atoms with E-state index in [1.165, 1.54) is 18.4 Å². The second kappa shape index (κ2) is 10.3. The lowest BCUT2D eigenvalue weighted by Crippen LogP contribution is -2.61. The number of carbonyl (C=O) groups excluding carboxylic acids is 1. The third-order valence-corrected chi connectivity index (χ3v) is 8.61. The van der Waals surface area contributed by atoms with E-state index in [0.717, 1.165) is 11.4 Å². The molecule has 1 aromatic carbocycles. The number of carbonyl (C=O) groups is 1. The van der Waals surface area contributed by atoms with Crippen LogP contribution in [-0.4, -0.2) is 75.8 Å². The number of hydrogen-bond acceptors (Lipinski definition) is 10. The number of hydrogen-bond donors (Lipinski definition) is 0. The first-order valence-electron chi connectivity index (χ1n) is 12.0. The molecule has 2 aromatic heterocycles. The van der Waals surface area contributed by atoms with E-state index in [4.69, 9.17) is 37.5 Å². The highest BCUT2D eigenvalue weighted by molar-refractivity contribution is 7.11. The first-order chi connectivity index (χ1) is 18.5. The van der Waals surface area contributed by atoms with Crippen molar-refractivity contribution >= 4 is 40.4 Å². The standard InChI is InChI=1S/C25H24Cl2N6O4S/c1-35-37-33-7-3-2-4-22(33)32-13-25(14-32)12-31(24(34)20-10-28-15-38-20)11-17(25)23-30-29-21(36-23)9-16-5-6-18(26)19(27)8-16/h2-6,8,10,15,17H,7,9,11-14H2,1H3. The molecule has 198 valence electrons. The van der Waals surface area contributed by atoms with Crippen LogP contribution >= 0.6 is 34.5 Å². The smallest absolute Gasteiger partial charge is 0.265 e. The maximum Gasteiger partial charge on any atom is 0.265 e. The quantitative estimate of drug-likeness (QED) is 0.304. The number of thiazole rings is 1. The normalized spacial score (nSPS) is 20.2. The van der Waals surface area contributed by atoms with E-state index in [-0.39, 0.29) is 17.2 Å². The number of likely N-dealkylation sites (tertiary alicyclic amines) is 2. The predicted octanol–water partition coefficient (Wildman–Crippen LogP) is 4.17. The highest BCUT2D eigenvalue weighted by Crippen LogP contribution is 2.50. The van der Waals surface area contributed by atoms with Crippen LogP contribution in [0.5, 0.6) is 0 Å². The molecule has 5 heterocycles. The molecule has 3 aromatic rings. The van der Waals surface area contributed by atoms with Crippen LogP contribution in [0, 0.1) is 5.41 Å². The lowest BCUT2D eigenvalue weighted by Gasteiger charge is -2.53. The zero-order valence-electron chi connectivity index (χ0n) is 20.4. The predicted molar refractivity (Wildman–Crippen MR) is 140 cm³/mol. The molecule has 0 bridgehead atoms. The van der Waals surface area contributed by atoms with Gasteiger partial charge in [-0.25, -0.2) is 9.95 Å². The average Bonchev–Trinajstić information content (AvgIpc) is 3.66. The van der Waals surface area contributed by atoms with E-state index < -0.39 is 0 Å². The van der Waals surface area contributed by atoms with Crippen LogP contribution in [0.2, 0.25) is 10.0 Å². The van der Waals surface area contributed by atoms with E-state index in [1.54, 1.807) is 28.9 Å². The van der Waals surface area contributed by atoms with Crippen LogP contribution in [0.3, 0.4) is 0 Å². The number of benzene rings is 1. The number of aromatic nitrogens is 3. The Hall–Kier alpha value is -2.96. The summed E-state index contributed by atoms with van der Waals surface area (Å²) < 4.78 is 6.19. The van der Waals surface area contributed by atoms with Gasteiger partial charge in [0, 0.05) is 31.6 Å². The second-order valence-corrected chi connectivity index (χ2v) is 11.2. The number of allylic oxidation sites excluding steroid dienone is 2. The van der Waals surface area contributed by atoms with Gasteiger partial charge in [-0.05, 0) is 23.8 Å². The summed E-state index contributed by atoms with van der Waals surface area (Å²) in [5.41, 5.74) is 2.33. The highest BCUT2D eigenvalue weighted by atomic mass is 35.5. The van der Waals surface area contributed by atoms with E-state index in [2.05, 4.69) is 20.1 Å². The van der Waals surface area contributed by atoms with Crippen molar-refractivity contribution in [2.45, 2.75) is 12.3 Å². The Morgan fingerprint density at radius 1 is 1.24 bits per heavy atom. The van der Waals surface area contributed by atoms with Crippen molar-refractivity contribution in [3.8, 4) is 0 Å². The van der Waals surface area contributed by atoms with Gasteiger partial charge >= 0.3 is 0 Å². The van der Waals surface area contributed by atoms with E-state index >= 15 is 0 Å². The van der Waals surface area contributed by atoms with Gasteiger partial charge in [-0.1, -0.05) is 41.4 Å². The molecule has 13 heteroatoms. The topological polar surface area (TPSA) is 97.1 Å². The molecule has 6 rings (SSSR count). The van der Waals surface area contributed by atoms with Crippen molar-refractivity contribution in [1.82, 2.24) is 30.0 Å². The fourth-order valence-electron chi connectivity index (χ4n) is 5.35. The van der Waals surface area contributed by atoms with E-state index in [1.807, 2.05) is 29.2 Å². The van der Waals surface area contributed by atoms with Crippen LogP contribution < -0.4 is 0 Å². The molecule has 1 unspecified atom stereocenters. The zero-order valence-corrected chi connectivity index (χ0v) is 22.7. The van der Waals surface area contributed by atoms with Crippen molar-refractivity contribution in [3.63, 3.8) is 0 Å². The van der Waals surface area contributed by atoms with Crippen LogP contribution in [0.15, 0.2) is 58.4 Å². The summed E-state index contributed by atoms with van der Waals surface area (Å²) in [6, 6.07) is 5.43. The van der Waals surface area contributed by atoms with Gasteiger partial charge in [0.1, 0.15) is 10.7 Å². The van der Waals surface area contributed by atoms with Crippen molar-refractivity contribution in [2.24, 2.45) is 5.41 Å². The van der Waals surface area contributed by atoms with E-state index in [0.29, 0.717) is 65.8 Å². The molecule has 0 N–H and O–H groups in total. The summed E-state index contributed by atoms with van der Waals surface area (Å²) in [6.45, 7) is 3.01. The molecule has 2 fully saturated rings. The van der Waals surface area contributed by atoms with Crippen LogP contribution in [-0.2, 0) is 16.3 Å². The third-order valence-electron chi connectivity index (χ3n) is 7.11. The van der Waals surface area contributed by atoms with Crippen molar-refractivity contribution < 1.29 is 19.1 Å². The number of hydroxylamine groups is 2. The van der Waals surface area contributed by atoms with Gasteiger partial charge in [-0.3, -0.25) is 9.78 Å². The number of amides is 1. The maximum absolute atomic E-state index is 13.3. The molecular formula is C25H24Cl2N6O4S. The van der Waals surface area contributed by atoms with Gasteiger partial charge in [-0.15, -0.1) is 26.5 Å². The summed E-state index contributed by atoms with van der Waals surface area (Å²) in [7, 11) is 1.48. The first kappa shape index (κ1) is 25.3.